The van der Waals surface area contributed by atoms with E-state index in [9.17, 15) is 22.8 Å². The molecule has 26 heavy (non-hydrogen) atoms. The maximum absolute atomic E-state index is 12.1. The predicted octanol–water partition coefficient (Wildman–Crippen LogP) is 2.96. The first kappa shape index (κ1) is 19.6. The quantitative estimate of drug-likeness (QED) is 0.781. The molecule has 0 aliphatic rings. The van der Waals surface area contributed by atoms with Crippen LogP contribution in [0.2, 0.25) is 5.02 Å². The van der Waals surface area contributed by atoms with Gasteiger partial charge in [-0.2, -0.15) is 13.2 Å². The molecule has 0 aliphatic carbocycles. The fourth-order valence-electron chi connectivity index (χ4n) is 1.92. The van der Waals surface area contributed by atoms with Crippen molar-refractivity contribution < 1.29 is 31.9 Å². The van der Waals surface area contributed by atoms with Gasteiger partial charge in [0.2, 0.25) is 5.88 Å². The molecule has 7 nitrogen and oxygen atoms in total. The maximum Gasteiger partial charge on any atom is 0.422 e. The van der Waals surface area contributed by atoms with Gasteiger partial charge in [0.15, 0.2) is 6.61 Å². The Morgan fingerprint density at radius 1 is 1.23 bits per heavy atom. The van der Waals surface area contributed by atoms with E-state index in [0.29, 0.717) is 11.5 Å². The molecular formula is C15H13ClF3N3O4. The van der Waals surface area contributed by atoms with E-state index in [4.69, 9.17) is 16.0 Å². The van der Waals surface area contributed by atoms with Crippen LogP contribution in [-0.4, -0.2) is 29.6 Å². The van der Waals surface area contributed by atoms with Crippen LogP contribution in [0.25, 0.3) is 0 Å². The second-order valence-corrected chi connectivity index (χ2v) is 5.56. The van der Waals surface area contributed by atoms with Crippen molar-refractivity contribution in [2.75, 3.05) is 6.61 Å². The molecule has 2 amide bonds. The van der Waals surface area contributed by atoms with Crippen molar-refractivity contribution in [3.63, 3.8) is 0 Å². The number of carbonyl (C=O) groups excluding carboxylic acids is 2. The van der Waals surface area contributed by atoms with Gasteiger partial charge in [0.25, 0.3) is 11.8 Å². The summed E-state index contributed by atoms with van der Waals surface area (Å²) in [5.74, 6) is -0.923. The molecule has 2 aromatic heterocycles. The molecule has 2 rings (SSSR count). The van der Waals surface area contributed by atoms with Crippen molar-refractivity contribution in [2.45, 2.75) is 20.0 Å². The molecule has 140 valence electrons. The number of hydrogen-bond acceptors (Lipinski definition) is 5. The summed E-state index contributed by atoms with van der Waals surface area (Å²) < 4.78 is 46.0. The molecule has 2 N–H and O–H groups in total. The van der Waals surface area contributed by atoms with Gasteiger partial charge in [-0.05, 0) is 26.0 Å². The normalized spacial score (nSPS) is 11.2. The molecule has 2 aromatic rings. The van der Waals surface area contributed by atoms with Crippen molar-refractivity contribution in [1.29, 1.82) is 0 Å². The Labute approximate surface area is 150 Å². The molecule has 0 radical (unpaired) electrons. The van der Waals surface area contributed by atoms with Gasteiger partial charge in [-0.25, -0.2) is 4.98 Å². The number of halogens is 4. The standard InChI is InChI=1S/C15H13ClF3N3O4/c1-7-3-10(8(2)26-7)13(24)22-21-12(23)9-4-11(16)14(20-5-9)25-6-15(17,18)19/h3-5H,6H2,1-2H3,(H,21,23)(H,22,24). The smallest absolute Gasteiger partial charge is 0.422 e. The first-order chi connectivity index (χ1) is 12.1. The first-order valence-electron chi connectivity index (χ1n) is 7.09. The average Bonchev–Trinajstić information content (AvgIpc) is 2.88. The second kappa shape index (κ2) is 7.65. The Balaban J connectivity index is 1.98. The van der Waals surface area contributed by atoms with Crippen molar-refractivity contribution in [1.82, 2.24) is 15.8 Å². The number of furan rings is 1. The van der Waals surface area contributed by atoms with Gasteiger partial charge < -0.3 is 9.15 Å². The Morgan fingerprint density at radius 2 is 1.88 bits per heavy atom. The number of hydrogen-bond donors (Lipinski definition) is 2. The van der Waals surface area contributed by atoms with Crippen LogP contribution in [-0.2, 0) is 0 Å². The lowest BCUT2D eigenvalue weighted by atomic mass is 10.2. The van der Waals surface area contributed by atoms with Gasteiger partial charge >= 0.3 is 6.18 Å². The molecule has 0 bridgehead atoms. The van der Waals surface area contributed by atoms with Crippen LogP contribution in [0.15, 0.2) is 22.7 Å². The summed E-state index contributed by atoms with van der Waals surface area (Å²) in [6.45, 7) is 1.69. The van der Waals surface area contributed by atoms with E-state index >= 15 is 0 Å². The average molecular weight is 392 g/mol. The number of nitrogens with zero attached hydrogens (tertiary/aromatic N) is 1. The Morgan fingerprint density at radius 3 is 2.42 bits per heavy atom. The molecule has 0 aromatic carbocycles. The highest BCUT2D eigenvalue weighted by Crippen LogP contribution is 2.24. The number of nitrogens with one attached hydrogen (secondary N) is 2. The maximum atomic E-state index is 12.1. The Kier molecular flexibility index (Phi) is 5.76. The van der Waals surface area contributed by atoms with Crippen molar-refractivity contribution >= 4 is 23.4 Å². The van der Waals surface area contributed by atoms with Crippen LogP contribution in [0.5, 0.6) is 5.88 Å². The summed E-state index contributed by atoms with van der Waals surface area (Å²) in [6, 6.07) is 2.57. The minimum Gasteiger partial charge on any atom is -0.467 e. The van der Waals surface area contributed by atoms with Crippen LogP contribution >= 0.6 is 11.6 Å². The SMILES string of the molecule is Cc1cc(C(=O)NNC(=O)c2cnc(OCC(F)(F)F)c(Cl)c2)c(C)o1. The monoisotopic (exact) mass is 391 g/mol. The number of amides is 2. The lowest BCUT2D eigenvalue weighted by Gasteiger charge is -2.11. The third-order valence-corrected chi connectivity index (χ3v) is 3.29. The zero-order chi connectivity index (χ0) is 19.5. The number of alkyl halides is 3. The zero-order valence-corrected chi connectivity index (χ0v) is 14.3. The van der Waals surface area contributed by atoms with E-state index in [1.54, 1.807) is 13.8 Å². The highest BCUT2D eigenvalue weighted by Gasteiger charge is 2.29. The summed E-state index contributed by atoms with van der Waals surface area (Å²) in [6.07, 6.45) is -3.58. The third kappa shape index (κ3) is 5.12. The lowest BCUT2D eigenvalue weighted by molar-refractivity contribution is -0.154. The number of aromatic nitrogens is 1. The highest BCUT2D eigenvalue weighted by molar-refractivity contribution is 6.32. The second-order valence-electron chi connectivity index (χ2n) is 5.15. The summed E-state index contributed by atoms with van der Waals surface area (Å²) >= 11 is 5.75. The summed E-state index contributed by atoms with van der Waals surface area (Å²) in [5.41, 5.74) is 4.48. The van der Waals surface area contributed by atoms with Gasteiger partial charge in [0.05, 0.1) is 11.1 Å². The Hall–Kier alpha value is -2.75. The van der Waals surface area contributed by atoms with Crippen LogP contribution in [0.3, 0.4) is 0 Å². The molecule has 11 heteroatoms. The molecule has 0 aliphatic heterocycles. The van der Waals surface area contributed by atoms with Crippen LogP contribution in [0, 0.1) is 13.8 Å². The number of pyridine rings is 1. The van der Waals surface area contributed by atoms with Gasteiger partial charge in [-0.1, -0.05) is 11.6 Å². The Bertz CT molecular complexity index is 836. The first-order valence-corrected chi connectivity index (χ1v) is 7.47. The number of ether oxygens (including phenoxy) is 1. The highest BCUT2D eigenvalue weighted by atomic mass is 35.5. The van der Waals surface area contributed by atoms with E-state index in [2.05, 4.69) is 20.6 Å². The predicted molar refractivity (Wildman–Crippen MR) is 83.9 cm³/mol. The fraction of sp³-hybridized carbons (Fsp3) is 0.267. The summed E-state index contributed by atoms with van der Waals surface area (Å²) in [5, 5.41) is -0.283. The van der Waals surface area contributed by atoms with Gasteiger partial charge in [-0.15, -0.1) is 0 Å². The minimum absolute atomic E-state index is 0.0882. The number of aryl methyl sites for hydroxylation is 2. The van der Waals surface area contributed by atoms with Gasteiger partial charge in [-0.3, -0.25) is 20.4 Å². The van der Waals surface area contributed by atoms with E-state index in [1.165, 1.54) is 6.07 Å². The zero-order valence-electron chi connectivity index (χ0n) is 13.5. The lowest BCUT2D eigenvalue weighted by Crippen LogP contribution is -2.41. The molecule has 0 fully saturated rings. The van der Waals surface area contributed by atoms with E-state index in [-0.39, 0.29) is 16.1 Å². The summed E-state index contributed by atoms with van der Waals surface area (Å²) in [4.78, 5) is 27.5. The van der Waals surface area contributed by atoms with Crippen LogP contribution < -0.4 is 15.6 Å². The van der Waals surface area contributed by atoms with Crippen LogP contribution in [0.1, 0.15) is 32.2 Å². The van der Waals surface area contributed by atoms with Gasteiger partial charge in [0, 0.05) is 6.20 Å². The van der Waals surface area contributed by atoms with Gasteiger partial charge in [0.1, 0.15) is 16.5 Å². The largest absolute Gasteiger partial charge is 0.467 e. The van der Waals surface area contributed by atoms with E-state index < -0.39 is 30.5 Å². The van der Waals surface area contributed by atoms with Crippen molar-refractivity contribution in [2.24, 2.45) is 0 Å². The molecule has 0 atom stereocenters. The molecule has 0 saturated heterocycles. The number of hydrazine groups is 1. The molecule has 0 unspecified atom stereocenters. The molecule has 0 saturated carbocycles. The topological polar surface area (TPSA) is 93.5 Å². The summed E-state index contributed by atoms with van der Waals surface area (Å²) in [7, 11) is 0. The fourth-order valence-corrected chi connectivity index (χ4v) is 2.14. The van der Waals surface area contributed by atoms with E-state index in [0.717, 1.165) is 12.3 Å². The number of rotatable bonds is 4. The van der Waals surface area contributed by atoms with E-state index in [1.807, 2.05) is 0 Å². The van der Waals surface area contributed by atoms with Crippen molar-refractivity contribution in [3.8, 4) is 5.88 Å². The minimum atomic E-state index is -4.55. The van der Waals surface area contributed by atoms with Crippen LogP contribution in [0.4, 0.5) is 13.2 Å². The number of carbonyl (C=O) groups is 2. The third-order valence-electron chi connectivity index (χ3n) is 3.02. The molecule has 2 heterocycles. The molecule has 0 spiro atoms. The molecular weight excluding hydrogens is 379 g/mol. The van der Waals surface area contributed by atoms with Crippen molar-refractivity contribution in [3.05, 3.63) is 46.0 Å².